The van der Waals surface area contributed by atoms with Gasteiger partial charge in [-0.25, -0.2) is 4.39 Å². The molecule has 0 saturated carbocycles. The fourth-order valence-corrected chi connectivity index (χ4v) is 2.11. The number of benzene rings is 1. The van der Waals surface area contributed by atoms with Crippen LogP contribution in [0.2, 0.25) is 0 Å². The maximum absolute atomic E-state index is 13.5. The maximum atomic E-state index is 13.5. The van der Waals surface area contributed by atoms with E-state index in [-0.39, 0.29) is 18.3 Å². The van der Waals surface area contributed by atoms with Crippen molar-refractivity contribution in [1.82, 2.24) is 10.2 Å². The Morgan fingerprint density at radius 2 is 1.91 bits per heavy atom. The third-order valence-electron chi connectivity index (χ3n) is 3.69. The van der Waals surface area contributed by atoms with Crippen molar-refractivity contribution in [2.24, 2.45) is 5.41 Å². The Morgan fingerprint density at radius 3 is 2.50 bits per heavy atom. The smallest absolute Gasteiger partial charge is 0.237 e. The van der Waals surface area contributed by atoms with Gasteiger partial charge in [0.25, 0.3) is 0 Å². The van der Waals surface area contributed by atoms with Crippen molar-refractivity contribution in [3.05, 3.63) is 35.6 Å². The predicted molar refractivity (Wildman–Crippen MR) is 84.6 cm³/mol. The van der Waals surface area contributed by atoms with Gasteiger partial charge in [-0.15, -0.1) is 0 Å². The van der Waals surface area contributed by atoms with Crippen LogP contribution in [-0.2, 0) is 16.1 Å². The molecule has 4 nitrogen and oxygen atoms in total. The van der Waals surface area contributed by atoms with Crippen LogP contribution >= 0.6 is 0 Å². The molecule has 122 valence electrons. The lowest BCUT2D eigenvalue weighted by atomic mass is 9.90. The quantitative estimate of drug-likeness (QED) is 0.787. The SMILES string of the molecule is CCCCN(C)C(=O)C(C)(C)C(=O)NCc1ccccc1F. The largest absolute Gasteiger partial charge is 0.351 e. The van der Waals surface area contributed by atoms with E-state index in [2.05, 4.69) is 5.32 Å². The lowest BCUT2D eigenvalue weighted by Crippen LogP contribution is -2.48. The molecule has 0 unspecified atom stereocenters. The zero-order chi connectivity index (χ0) is 16.8. The highest BCUT2D eigenvalue weighted by Gasteiger charge is 2.37. The molecule has 1 aromatic rings. The molecule has 5 heteroatoms. The molecule has 0 heterocycles. The number of rotatable bonds is 7. The zero-order valence-corrected chi connectivity index (χ0v) is 13.8. The number of amides is 2. The fourth-order valence-electron chi connectivity index (χ4n) is 2.11. The second-order valence-corrected chi connectivity index (χ2v) is 5.98. The molecule has 0 bridgehead atoms. The van der Waals surface area contributed by atoms with Gasteiger partial charge in [-0.3, -0.25) is 9.59 Å². The van der Waals surface area contributed by atoms with E-state index in [0.29, 0.717) is 12.1 Å². The molecule has 0 atom stereocenters. The summed E-state index contributed by atoms with van der Waals surface area (Å²) in [7, 11) is 1.70. The molecule has 0 aliphatic carbocycles. The van der Waals surface area contributed by atoms with Gasteiger partial charge >= 0.3 is 0 Å². The van der Waals surface area contributed by atoms with Crippen LogP contribution in [0.25, 0.3) is 0 Å². The second-order valence-electron chi connectivity index (χ2n) is 5.98. The second kappa shape index (κ2) is 7.92. The number of halogens is 1. The standard InChI is InChI=1S/C17H25FN2O2/c1-5-6-11-20(4)16(22)17(2,3)15(21)19-12-13-9-7-8-10-14(13)18/h7-10H,5-6,11-12H2,1-4H3,(H,19,21). The first-order valence-electron chi connectivity index (χ1n) is 7.58. The van der Waals surface area contributed by atoms with Crippen molar-refractivity contribution in [2.45, 2.75) is 40.2 Å². The number of carbonyl (C=O) groups excluding carboxylic acids is 2. The summed E-state index contributed by atoms with van der Waals surface area (Å²) in [5.74, 6) is -0.997. The monoisotopic (exact) mass is 308 g/mol. The van der Waals surface area contributed by atoms with Gasteiger partial charge in [0.1, 0.15) is 11.2 Å². The van der Waals surface area contributed by atoms with Crippen molar-refractivity contribution in [3.63, 3.8) is 0 Å². The van der Waals surface area contributed by atoms with Gasteiger partial charge in [0.05, 0.1) is 0 Å². The molecule has 22 heavy (non-hydrogen) atoms. The highest BCUT2D eigenvalue weighted by atomic mass is 19.1. The molecule has 1 aromatic carbocycles. The minimum atomic E-state index is -1.17. The summed E-state index contributed by atoms with van der Waals surface area (Å²) in [4.78, 5) is 26.2. The average molecular weight is 308 g/mol. The van der Waals surface area contributed by atoms with E-state index in [9.17, 15) is 14.0 Å². The number of carbonyl (C=O) groups is 2. The summed E-state index contributed by atoms with van der Waals surface area (Å²) in [5.41, 5.74) is -0.772. The molecule has 0 aliphatic heterocycles. The van der Waals surface area contributed by atoms with Crippen LogP contribution in [0.15, 0.2) is 24.3 Å². The lowest BCUT2D eigenvalue weighted by molar-refractivity contribution is -0.147. The average Bonchev–Trinajstić information content (AvgIpc) is 2.50. The van der Waals surface area contributed by atoms with E-state index >= 15 is 0 Å². The minimum absolute atomic E-state index is 0.0703. The summed E-state index contributed by atoms with van der Waals surface area (Å²) in [5, 5.41) is 2.65. The van der Waals surface area contributed by atoms with Crippen molar-refractivity contribution < 1.29 is 14.0 Å². The Bertz CT molecular complexity index is 529. The normalized spacial score (nSPS) is 11.1. The summed E-state index contributed by atoms with van der Waals surface area (Å²) >= 11 is 0. The number of unbranched alkanes of at least 4 members (excludes halogenated alkanes) is 1. The predicted octanol–water partition coefficient (Wildman–Crippen LogP) is 2.73. The molecule has 0 fully saturated rings. The summed E-state index contributed by atoms with van der Waals surface area (Å²) in [6, 6.07) is 6.25. The van der Waals surface area contributed by atoms with E-state index < -0.39 is 11.3 Å². The van der Waals surface area contributed by atoms with Gasteiger partial charge in [-0.1, -0.05) is 31.5 Å². The van der Waals surface area contributed by atoms with Crippen LogP contribution in [0.3, 0.4) is 0 Å². The minimum Gasteiger partial charge on any atom is -0.351 e. The first-order chi connectivity index (χ1) is 10.3. The first kappa shape index (κ1) is 18.1. The number of nitrogens with zero attached hydrogens (tertiary/aromatic N) is 1. The Balaban J connectivity index is 2.66. The van der Waals surface area contributed by atoms with Crippen molar-refractivity contribution in [3.8, 4) is 0 Å². The maximum Gasteiger partial charge on any atom is 0.237 e. The Hall–Kier alpha value is -1.91. The van der Waals surface area contributed by atoms with Crippen LogP contribution in [-0.4, -0.2) is 30.3 Å². The van der Waals surface area contributed by atoms with Crippen LogP contribution in [0.1, 0.15) is 39.2 Å². The fraction of sp³-hybridized carbons (Fsp3) is 0.529. The van der Waals surface area contributed by atoms with Gasteiger partial charge in [0, 0.05) is 25.7 Å². The topological polar surface area (TPSA) is 49.4 Å². The van der Waals surface area contributed by atoms with Crippen LogP contribution in [0, 0.1) is 11.2 Å². The van der Waals surface area contributed by atoms with E-state index in [1.54, 1.807) is 44.0 Å². The molecule has 0 spiro atoms. The summed E-state index contributed by atoms with van der Waals surface area (Å²) in [6.07, 6.45) is 1.88. The van der Waals surface area contributed by atoms with Crippen molar-refractivity contribution >= 4 is 11.8 Å². The molecule has 1 rings (SSSR count). The molecule has 1 N–H and O–H groups in total. The van der Waals surface area contributed by atoms with Crippen molar-refractivity contribution in [2.75, 3.05) is 13.6 Å². The Morgan fingerprint density at radius 1 is 1.27 bits per heavy atom. The number of nitrogens with one attached hydrogen (secondary N) is 1. The van der Waals surface area contributed by atoms with E-state index in [1.807, 2.05) is 6.92 Å². The van der Waals surface area contributed by atoms with Gasteiger partial charge in [-0.2, -0.15) is 0 Å². The Labute approximate surface area is 131 Å². The Kier molecular flexibility index (Phi) is 6.53. The highest BCUT2D eigenvalue weighted by molar-refractivity contribution is 6.04. The van der Waals surface area contributed by atoms with Gasteiger partial charge in [-0.05, 0) is 26.3 Å². The van der Waals surface area contributed by atoms with Gasteiger partial charge in [0.15, 0.2) is 0 Å². The molecule has 0 aliphatic rings. The third-order valence-corrected chi connectivity index (χ3v) is 3.69. The van der Waals surface area contributed by atoms with E-state index in [0.717, 1.165) is 12.8 Å². The van der Waals surface area contributed by atoms with Crippen molar-refractivity contribution in [1.29, 1.82) is 0 Å². The van der Waals surface area contributed by atoms with Crippen LogP contribution in [0.4, 0.5) is 4.39 Å². The first-order valence-corrected chi connectivity index (χ1v) is 7.58. The number of hydrogen-bond acceptors (Lipinski definition) is 2. The molecule has 0 aromatic heterocycles. The number of hydrogen-bond donors (Lipinski definition) is 1. The molecule has 2 amide bonds. The van der Waals surface area contributed by atoms with E-state index in [1.165, 1.54) is 6.07 Å². The highest BCUT2D eigenvalue weighted by Crippen LogP contribution is 2.19. The third kappa shape index (κ3) is 4.55. The molecular formula is C17H25FN2O2. The zero-order valence-electron chi connectivity index (χ0n) is 13.8. The molecule has 0 saturated heterocycles. The van der Waals surface area contributed by atoms with E-state index in [4.69, 9.17) is 0 Å². The molecular weight excluding hydrogens is 283 g/mol. The summed E-state index contributed by atoms with van der Waals surface area (Å²) in [6.45, 7) is 5.92. The summed E-state index contributed by atoms with van der Waals surface area (Å²) < 4.78 is 13.5. The van der Waals surface area contributed by atoms with Crippen LogP contribution in [0.5, 0.6) is 0 Å². The lowest BCUT2D eigenvalue weighted by Gasteiger charge is -2.28. The van der Waals surface area contributed by atoms with Gasteiger partial charge < -0.3 is 10.2 Å². The molecule has 0 radical (unpaired) electrons. The van der Waals surface area contributed by atoms with Gasteiger partial charge in [0.2, 0.25) is 11.8 Å². The van der Waals surface area contributed by atoms with Crippen LogP contribution < -0.4 is 5.32 Å².